The van der Waals surface area contributed by atoms with Gasteiger partial charge in [0.15, 0.2) is 0 Å². The van der Waals surface area contributed by atoms with Crippen LogP contribution in [-0.2, 0) is 6.54 Å². The van der Waals surface area contributed by atoms with Gasteiger partial charge in [-0.15, -0.1) is 11.3 Å². The maximum absolute atomic E-state index is 6.21. The molecule has 1 aromatic carbocycles. The molecular formula is C15H14Cl2N2S. The van der Waals surface area contributed by atoms with Gasteiger partial charge in [-0.2, -0.15) is 0 Å². The van der Waals surface area contributed by atoms with Crippen LogP contribution in [0, 0.1) is 0 Å². The summed E-state index contributed by atoms with van der Waals surface area (Å²) in [5, 5.41) is 5.66. The molecule has 2 heterocycles. The van der Waals surface area contributed by atoms with Gasteiger partial charge < -0.3 is 4.57 Å². The summed E-state index contributed by atoms with van der Waals surface area (Å²) >= 11 is 14.0. The molecule has 0 fully saturated rings. The molecule has 0 radical (unpaired) electrons. The molecule has 0 amide bonds. The fourth-order valence-electron chi connectivity index (χ4n) is 2.19. The van der Waals surface area contributed by atoms with Gasteiger partial charge in [0.1, 0.15) is 0 Å². The summed E-state index contributed by atoms with van der Waals surface area (Å²) in [6.45, 7) is 5.06. The number of thiazole rings is 1. The molecule has 20 heavy (non-hydrogen) atoms. The Morgan fingerprint density at radius 2 is 2.10 bits per heavy atom. The van der Waals surface area contributed by atoms with Gasteiger partial charge in [0.2, 0.25) is 0 Å². The number of halogens is 2. The molecule has 0 unspecified atom stereocenters. The molecule has 0 aliphatic carbocycles. The van der Waals surface area contributed by atoms with Gasteiger partial charge in [0.05, 0.1) is 27.8 Å². The van der Waals surface area contributed by atoms with Crippen molar-refractivity contribution in [1.82, 2.24) is 9.55 Å². The lowest BCUT2D eigenvalue weighted by Crippen LogP contribution is -1.99. The van der Waals surface area contributed by atoms with E-state index in [2.05, 4.69) is 28.8 Å². The van der Waals surface area contributed by atoms with E-state index in [1.54, 1.807) is 17.4 Å². The lowest BCUT2D eigenvalue weighted by atomic mass is 10.2. The Kier molecular flexibility index (Phi) is 3.76. The highest BCUT2D eigenvalue weighted by atomic mass is 35.5. The highest BCUT2D eigenvalue weighted by Gasteiger charge is 2.10. The molecule has 0 N–H and O–H groups in total. The molecule has 0 spiro atoms. The largest absolute Gasteiger partial charge is 0.341 e. The van der Waals surface area contributed by atoms with Crippen molar-refractivity contribution < 1.29 is 0 Å². The maximum atomic E-state index is 6.21. The minimum atomic E-state index is 0.471. The summed E-state index contributed by atoms with van der Waals surface area (Å²) < 4.78 is 2.13. The lowest BCUT2D eigenvalue weighted by molar-refractivity contribution is 0.787. The third-order valence-corrected chi connectivity index (χ3v) is 4.92. The van der Waals surface area contributed by atoms with Gasteiger partial charge in [-0.05, 0) is 18.2 Å². The second kappa shape index (κ2) is 5.40. The molecule has 0 saturated heterocycles. The summed E-state index contributed by atoms with van der Waals surface area (Å²) in [7, 11) is 0. The Labute approximate surface area is 132 Å². The normalized spacial score (nSPS) is 11.7. The van der Waals surface area contributed by atoms with Crippen LogP contribution in [0.2, 0.25) is 10.0 Å². The predicted octanol–water partition coefficient (Wildman–Crippen LogP) is 5.58. The van der Waals surface area contributed by atoms with Crippen molar-refractivity contribution in [3.63, 3.8) is 0 Å². The second-order valence-corrected chi connectivity index (χ2v) is 6.83. The summed E-state index contributed by atoms with van der Waals surface area (Å²) in [6, 6.07) is 5.73. The molecule has 5 heteroatoms. The maximum Gasteiger partial charge on any atom is 0.0954 e. The topological polar surface area (TPSA) is 17.8 Å². The van der Waals surface area contributed by atoms with Crippen LogP contribution in [0.4, 0.5) is 0 Å². The highest BCUT2D eigenvalue weighted by molar-refractivity contribution is 7.09. The molecule has 2 nitrogen and oxygen atoms in total. The third-order valence-electron chi connectivity index (χ3n) is 3.20. The zero-order chi connectivity index (χ0) is 14.3. The molecule has 104 valence electrons. The molecule has 0 aliphatic heterocycles. The van der Waals surface area contributed by atoms with Crippen LogP contribution in [0.1, 0.15) is 30.5 Å². The molecule has 0 atom stereocenters. The summed E-state index contributed by atoms with van der Waals surface area (Å²) in [6.07, 6.45) is 2.03. The van der Waals surface area contributed by atoms with Crippen LogP contribution in [0.5, 0.6) is 0 Å². The third kappa shape index (κ3) is 2.58. The van der Waals surface area contributed by atoms with Crippen LogP contribution in [0.3, 0.4) is 0 Å². The fraction of sp³-hybridized carbons (Fsp3) is 0.267. The van der Waals surface area contributed by atoms with Crippen LogP contribution >= 0.6 is 34.5 Å². The van der Waals surface area contributed by atoms with Crippen molar-refractivity contribution in [2.45, 2.75) is 26.3 Å². The van der Waals surface area contributed by atoms with Crippen molar-refractivity contribution in [3.05, 3.63) is 50.5 Å². The minimum Gasteiger partial charge on any atom is -0.341 e. The number of benzene rings is 1. The van der Waals surface area contributed by atoms with Gasteiger partial charge >= 0.3 is 0 Å². The summed E-state index contributed by atoms with van der Waals surface area (Å²) in [5.41, 5.74) is 2.12. The average molecular weight is 325 g/mol. The zero-order valence-electron chi connectivity index (χ0n) is 11.2. The first-order chi connectivity index (χ1) is 9.54. The Hall–Kier alpha value is -1.03. The molecule has 3 aromatic rings. The van der Waals surface area contributed by atoms with E-state index in [0.717, 1.165) is 23.1 Å². The monoisotopic (exact) mass is 324 g/mol. The molecule has 2 aromatic heterocycles. The summed E-state index contributed by atoms with van der Waals surface area (Å²) in [5.74, 6) is 0.471. The van der Waals surface area contributed by atoms with Crippen molar-refractivity contribution in [3.8, 4) is 0 Å². The molecule has 3 rings (SSSR count). The zero-order valence-corrected chi connectivity index (χ0v) is 13.6. The van der Waals surface area contributed by atoms with E-state index >= 15 is 0 Å². The van der Waals surface area contributed by atoms with E-state index in [1.165, 1.54) is 5.01 Å². The number of hydrogen-bond donors (Lipinski definition) is 0. The summed E-state index contributed by atoms with van der Waals surface area (Å²) in [4.78, 5) is 4.67. The Morgan fingerprint density at radius 1 is 1.30 bits per heavy atom. The molecule has 0 bridgehead atoms. The molecule has 0 aliphatic rings. The van der Waals surface area contributed by atoms with E-state index in [0.29, 0.717) is 16.0 Å². The van der Waals surface area contributed by atoms with E-state index in [1.807, 2.05) is 18.3 Å². The Bertz CT molecular complexity index is 758. The smallest absolute Gasteiger partial charge is 0.0954 e. The Balaban J connectivity index is 1.98. The standard InChI is InChI=1S/C15H14Cl2N2S/c1-9(2)15-18-11(8-20-15)7-19-4-3-12-13(17)5-10(16)6-14(12)19/h3-6,8-9H,7H2,1-2H3. The number of rotatable bonds is 3. The van der Waals surface area contributed by atoms with Crippen LogP contribution in [-0.4, -0.2) is 9.55 Å². The van der Waals surface area contributed by atoms with Crippen molar-refractivity contribution in [2.24, 2.45) is 0 Å². The second-order valence-electron chi connectivity index (χ2n) is 5.10. The van der Waals surface area contributed by atoms with E-state index < -0.39 is 0 Å². The predicted molar refractivity (Wildman–Crippen MR) is 87.3 cm³/mol. The lowest BCUT2D eigenvalue weighted by Gasteiger charge is -2.04. The van der Waals surface area contributed by atoms with E-state index in [4.69, 9.17) is 23.2 Å². The number of fused-ring (bicyclic) bond motifs is 1. The van der Waals surface area contributed by atoms with Crippen LogP contribution in [0.25, 0.3) is 10.9 Å². The highest BCUT2D eigenvalue weighted by Crippen LogP contribution is 2.29. The quantitative estimate of drug-likeness (QED) is 0.615. The van der Waals surface area contributed by atoms with Gasteiger partial charge in [0, 0.05) is 27.9 Å². The van der Waals surface area contributed by atoms with Gasteiger partial charge in [0.25, 0.3) is 0 Å². The minimum absolute atomic E-state index is 0.471. The van der Waals surface area contributed by atoms with Crippen molar-refractivity contribution >= 4 is 45.4 Å². The fourth-order valence-corrected chi connectivity index (χ4v) is 3.56. The Morgan fingerprint density at radius 3 is 2.80 bits per heavy atom. The van der Waals surface area contributed by atoms with E-state index in [-0.39, 0.29) is 0 Å². The van der Waals surface area contributed by atoms with Crippen LogP contribution < -0.4 is 0 Å². The van der Waals surface area contributed by atoms with Gasteiger partial charge in [-0.25, -0.2) is 4.98 Å². The molecule has 0 saturated carbocycles. The number of nitrogens with zero attached hydrogens (tertiary/aromatic N) is 2. The van der Waals surface area contributed by atoms with Gasteiger partial charge in [-0.3, -0.25) is 0 Å². The first-order valence-corrected chi connectivity index (χ1v) is 8.06. The van der Waals surface area contributed by atoms with E-state index in [9.17, 15) is 0 Å². The number of aromatic nitrogens is 2. The van der Waals surface area contributed by atoms with Gasteiger partial charge in [-0.1, -0.05) is 37.0 Å². The number of hydrogen-bond acceptors (Lipinski definition) is 2. The van der Waals surface area contributed by atoms with Crippen molar-refractivity contribution in [1.29, 1.82) is 0 Å². The SMILES string of the molecule is CC(C)c1nc(Cn2ccc3c(Cl)cc(Cl)cc32)cs1. The first kappa shape index (κ1) is 13.9. The first-order valence-electron chi connectivity index (χ1n) is 6.43. The average Bonchev–Trinajstić information content (AvgIpc) is 2.98. The molecular weight excluding hydrogens is 311 g/mol. The van der Waals surface area contributed by atoms with Crippen molar-refractivity contribution in [2.75, 3.05) is 0 Å². The van der Waals surface area contributed by atoms with Crippen LogP contribution in [0.15, 0.2) is 29.8 Å².